The van der Waals surface area contributed by atoms with Crippen molar-refractivity contribution in [3.63, 3.8) is 0 Å². The SMILES string of the molecule is Br.C1CCC2(CC1)CCNC2. The van der Waals surface area contributed by atoms with E-state index in [9.17, 15) is 0 Å². The van der Waals surface area contributed by atoms with E-state index >= 15 is 0 Å². The first-order chi connectivity index (χ1) is 4.91. The third-order valence-corrected chi connectivity index (χ3v) is 3.25. The summed E-state index contributed by atoms with van der Waals surface area (Å²) in [4.78, 5) is 0. The van der Waals surface area contributed by atoms with E-state index in [2.05, 4.69) is 5.32 Å². The molecule has 0 aromatic carbocycles. The van der Waals surface area contributed by atoms with Crippen molar-refractivity contribution in [3.05, 3.63) is 0 Å². The van der Waals surface area contributed by atoms with Gasteiger partial charge in [-0.1, -0.05) is 19.3 Å². The van der Waals surface area contributed by atoms with Gasteiger partial charge in [0.1, 0.15) is 0 Å². The van der Waals surface area contributed by atoms with Gasteiger partial charge in [-0.05, 0) is 31.2 Å². The van der Waals surface area contributed by atoms with E-state index in [1.165, 1.54) is 51.6 Å². The summed E-state index contributed by atoms with van der Waals surface area (Å²) in [6, 6.07) is 0. The molecule has 1 spiro atoms. The molecule has 2 rings (SSSR count). The van der Waals surface area contributed by atoms with Crippen molar-refractivity contribution >= 4 is 17.0 Å². The number of hydrogen-bond acceptors (Lipinski definition) is 1. The Labute approximate surface area is 79.7 Å². The smallest absolute Gasteiger partial charge is 0.000829 e. The minimum atomic E-state index is 0. The van der Waals surface area contributed by atoms with Crippen molar-refractivity contribution in [2.24, 2.45) is 5.41 Å². The van der Waals surface area contributed by atoms with Crippen LogP contribution in [0.1, 0.15) is 38.5 Å². The van der Waals surface area contributed by atoms with Gasteiger partial charge in [-0.25, -0.2) is 0 Å². The van der Waals surface area contributed by atoms with Crippen LogP contribution in [0.5, 0.6) is 0 Å². The summed E-state index contributed by atoms with van der Waals surface area (Å²) in [6.07, 6.45) is 8.91. The molecule has 0 bridgehead atoms. The Morgan fingerprint density at radius 3 is 2.18 bits per heavy atom. The van der Waals surface area contributed by atoms with E-state index in [0.29, 0.717) is 0 Å². The van der Waals surface area contributed by atoms with Gasteiger partial charge in [0.15, 0.2) is 0 Å². The van der Waals surface area contributed by atoms with Crippen LogP contribution in [0.4, 0.5) is 0 Å². The Balaban J connectivity index is 0.000000605. The molecule has 1 N–H and O–H groups in total. The lowest BCUT2D eigenvalue weighted by Crippen LogP contribution is -2.26. The fraction of sp³-hybridized carbons (Fsp3) is 1.00. The molecule has 2 fully saturated rings. The van der Waals surface area contributed by atoms with Crippen LogP contribution < -0.4 is 5.32 Å². The van der Waals surface area contributed by atoms with Crippen LogP contribution in [0.2, 0.25) is 0 Å². The Morgan fingerprint density at radius 2 is 1.64 bits per heavy atom. The van der Waals surface area contributed by atoms with Crippen molar-refractivity contribution in [1.82, 2.24) is 5.32 Å². The maximum atomic E-state index is 3.48. The van der Waals surface area contributed by atoms with Gasteiger partial charge < -0.3 is 5.32 Å². The number of rotatable bonds is 0. The summed E-state index contributed by atoms with van der Waals surface area (Å²) in [5, 5.41) is 3.48. The third-order valence-electron chi connectivity index (χ3n) is 3.25. The summed E-state index contributed by atoms with van der Waals surface area (Å²) < 4.78 is 0. The Hall–Kier alpha value is 0.440. The highest BCUT2D eigenvalue weighted by atomic mass is 79.9. The molecule has 2 heteroatoms. The average Bonchev–Trinajstić information content (AvgIpc) is 2.39. The van der Waals surface area contributed by atoms with E-state index in [-0.39, 0.29) is 17.0 Å². The predicted octanol–water partition coefficient (Wildman–Crippen LogP) is 2.51. The minimum Gasteiger partial charge on any atom is -0.316 e. The number of hydrogen-bond donors (Lipinski definition) is 1. The van der Waals surface area contributed by atoms with Crippen LogP contribution in [0.15, 0.2) is 0 Å². The van der Waals surface area contributed by atoms with Gasteiger partial charge in [-0.2, -0.15) is 0 Å². The zero-order valence-corrected chi connectivity index (χ0v) is 8.78. The first-order valence-corrected chi connectivity index (χ1v) is 4.62. The lowest BCUT2D eigenvalue weighted by molar-refractivity contribution is 0.216. The number of nitrogens with one attached hydrogen (secondary N) is 1. The van der Waals surface area contributed by atoms with E-state index in [4.69, 9.17) is 0 Å². The molecular formula is C9H18BrN. The second-order valence-electron chi connectivity index (χ2n) is 3.99. The molecule has 0 atom stereocenters. The summed E-state index contributed by atoms with van der Waals surface area (Å²) >= 11 is 0. The lowest BCUT2D eigenvalue weighted by atomic mass is 9.74. The fourth-order valence-electron chi connectivity index (χ4n) is 2.52. The molecule has 0 unspecified atom stereocenters. The van der Waals surface area contributed by atoms with Crippen molar-refractivity contribution in [2.75, 3.05) is 13.1 Å². The monoisotopic (exact) mass is 219 g/mol. The zero-order valence-electron chi connectivity index (χ0n) is 7.07. The first-order valence-electron chi connectivity index (χ1n) is 4.62. The van der Waals surface area contributed by atoms with Gasteiger partial charge >= 0.3 is 0 Å². The quantitative estimate of drug-likeness (QED) is 0.661. The second-order valence-corrected chi connectivity index (χ2v) is 3.99. The van der Waals surface area contributed by atoms with E-state index in [1.807, 2.05) is 0 Å². The molecule has 0 aromatic rings. The molecule has 1 aliphatic heterocycles. The highest BCUT2D eigenvalue weighted by molar-refractivity contribution is 8.93. The normalized spacial score (nSPS) is 28.4. The molecule has 1 saturated heterocycles. The average molecular weight is 220 g/mol. The van der Waals surface area contributed by atoms with Crippen LogP contribution in [-0.4, -0.2) is 13.1 Å². The lowest BCUT2D eigenvalue weighted by Gasteiger charge is -2.32. The van der Waals surface area contributed by atoms with Crippen LogP contribution >= 0.6 is 17.0 Å². The van der Waals surface area contributed by atoms with Gasteiger partial charge in [0.25, 0.3) is 0 Å². The Kier molecular flexibility index (Phi) is 3.38. The van der Waals surface area contributed by atoms with E-state index < -0.39 is 0 Å². The Bertz CT molecular complexity index is 111. The van der Waals surface area contributed by atoms with Crippen LogP contribution in [0.25, 0.3) is 0 Å². The number of halogens is 1. The first kappa shape index (κ1) is 9.53. The summed E-state index contributed by atoms with van der Waals surface area (Å²) in [5.74, 6) is 0. The van der Waals surface area contributed by atoms with Crippen LogP contribution in [0, 0.1) is 5.41 Å². The molecular weight excluding hydrogens is 202 g/mol. The molecule has 1 heterocycles. The van der Waals surface area contributed by atoms with Gasteiger partial charge in [0.05, 0.1) is 0 Å². The second kappa shape index (κ2) is 3.90. The topological polar surface area (TPSA) is 12.0 Å². The van der Waals surface area contributed by atoms with Gasteiger partial charge in [0.2, 0.25) is 0 Å². The summed E-state index contributed by atoms with van der Waals surface area (Å²) in [5.41, 5.74) is 0.762. The highest BCUT2D eigenvalue weighted by Crippen LogP contribution is 2.40. The third kappa shape index (κ3) is 1.97. The molecule has 0 radical (unpaired) electrons. The molecule has 1 saturated carbocycles. The van der Waals surface area contributed by atoms with Crippen molar-refractivity contribution in [1.29, 1.82) is 0 Å². The van der Waals surface area contributed by atoms with Crippen molar-refractivity contribution < 1.29 is 0 Å². The minimum absolute atomic E-state index is 0. The molecule has 11 heavy (non-hydrogen) atoms. The molecule has 0 amide bonds. The highest BCUT2D eigenvalue weighted by Gasteiger charge is 2.34. The predicted molar refractivity (Wildman–Crippen MR) is 53.3 cm³/mol. The van der Waals surface area contributed by atoms with Gasteiger partial charge in [-0.15, -0.1) is 17.0 Å². The molecule has 2 aliphatic rings. The van der Waals surface area contributed by atoms with E-state index in [0.717, 1.165) is 5.41 Å². The fourth-order valence-corrected chi connectivity index (χ4v) is 2.52. The maximum Gasteiger partial charge on any atom is 0.000829 e. The summed E-state index contributed by atoms with van der Waals surface area (Å²) in [7, 11) is 0. The zero-order chi connectivity index (χ0) is 6.86. The largest absolute Gasteiger partial charge is 0.316 e. The van der Waals surface area contributed by atoms with Gasteiger partial charge in [-0.3, -0.25) is 0 Å². The van der Waals surface area contributed by atoms with Gasteiger partial charge in [0, 0.05) is 6.54 Å². The standard InChI is InChI=1S/C9H17N.BrH/c1-2-4-9(5-3-1)6-7-10-8-9;/h10H,1-8H2;1H. The Morgan fingerprint density at radius 1 is 0.909 bits per heavy atom. The van der Waals surface area contributed by atoms with Crippen molar-refractivity contribution in [3.8, 4) is 0 Å². The molecule has 0 aromatic heterocycles. The van der Waals surface area contributed by atoms with Crippen LogP contribution in [-0.2, 0) is 0 Å². The van der Waals surface area contributed by atoms with Crippen molar-refractivity contribution in [2.45, 2.75) is 38.5 Å². The molecule has 1 aliphatic carbocycles. The maximum absolute atomic E-state index is 3.48. The summed E-state index contributed by atoms with van der Waals surface area (Å²) in [6.45, 7) is 2.59. The van der Waals surface area contributed by atoms with E-state index in [1.54, 1.807) is 0 Å². The molecule has 1 nitrogen and oxygen atoms in total. The van der Waals surface area contributed by atoms with Crippen LogP contribution in [0.3, 0.4) is 0 Å². The molecule has 66 valence electrons.